The van der Waals surface area contributed by atoms with Gasteiger partial charge in [0.05, 0.1) is 11.4 Å². The number of hydrogen-bond donors (Lipinski definition) is 4. The van der Waals surface area contributed by atoms with Crippen molar-refractivity contribution >= 4 is 35.4 Å². The topological polar surface area (TPSA) is 172 Å². The standard InChI is InChI=1S/C24H36ClFN2O10S/c1-5-6-24(26)7-8-28(22(33)35-10-14-12(3)36-23(34)37-14)13(9-24)20(32)27-15(11(2)25)19-17(30)16(29)18(31)21(38-19)39-4/h11,13,15-19,21,29-31H,5-10H2,1-4H3,(H,27,32)/t11?,13?,15?,16-,17+,18+,19+,21+,24?/m0/s1. The SMILES string of the molecule is CCCC1(F)CCN(C(=O)OCc2oc(=O)oc2C)C(C(=O)NC(C(C)Cl)[C@H]2O[C@H](SC)[C@H](O)[C@@H](O)[C@H]2O)C1. The van der Waals surface area contributed by atoms with Gasteiger partial charge in [0, 0.05) is 13.0 Å². The van der Waals surface area contributed by atoms with Gasteiger partial charge in [-0.25, -0.2) is 14.0 Å². The minimum absolute atomic E-state index is 0.000685. The van der Waals surface area contributed by atoms with Crippen LogP contribution in [0.1, 0.15) is 51.1 Å². The van der Waals surface area contributed by atoms with E-state index in [2.05, 4.69) is 5.32 Å². The number of aliphatic hydroxyl groups is 3. The summed E-state index contributed by atoms with van der Waals surface area (Å²) in [5, 5.41) is 33.0. The molecule has 2 aliphatic rings. The minimum Gasteiger partial charge on any atom is -0.441 e. The van der Waals surface area contributed by atoms with Crippen LogP contribution in [-0.2, 0) is 20.9 Å². The van der Waals surface area contributed by atoms with Gasteiger partial charge in [-0.2, -0.15) is 0 Å². The monoisotopic (exact) mass is 598 g/mol. The number of carbonyl (C=O) groups is 2. The van der Waals surface area contributed by atoms with Gasteiger partial charge in [-0.05, 0) is 32.9 Å². The van der Waals surface area contributed by atoms with E-state index < -0.39 is 77.4 Å². The minimum atomic E-state index is -1.71. The number of carbonyl (C=O) groups excluding carboxylic acids is 2. The predicted molar refractivity (Wildman–Crippen MR) is 138 cm³/mol. The molecule has 1 aromatic heterocycles. The molecular weight excluding hydrogens is 563 g/mol. The molecular formula is C24H36ClFN2O10S. The van der Waals surface area contributed by atoms with E-state index in [1.54, 1.807) is 13.2 Å². The fourth-order valence-electron chi connectivity index (χ4n) is 4.96. The largest absolute Gasteiger partial charge is 0.519 e. The van der Waals surface area contributed by atoms with Crippen molar-refractivity contribution in [3.63, 3.8) is 0 Å². The number of thioether (sulfide) groups is 1. The number of aliphatic hydroxyl groups excluding tert-OH is 3. The average molecular weight is 599 g/mol. The zero-order valence-electron chi connectivity index (χ0n) is 22.2. The average Bonchev–Trinajstić information content (AvgIpc) is 3.21. The van der Waals surface area contributed by atoms with Crippen molar-refractivity contribution in [1.29, 1.82) is 0 Å². The number of aryl methyl sites for hydroxylation is 1. The highest BCUT2D eigenvalue weighted by molar-refractivity contribution is 7.99. The number of amides is 2. The van der Waals surface area contributed by atoms with E-state index in [1.807, 2.05) is 6.92 Å². The van der Waals surface area contributed by atoms with Crippen molar-refractivity contribution in [3.05, 3.63) is 22.1 Å². The van der Waals surface area contributed by atoms with Crippen molar-refractivity contribution in [1.82, 2.24) is 10.2 Å². The summed E-state index contributed by atoms with van der Waals surface area (Å²) < 4.78 is 36.3. The van der Waals surface area contributed by atoms with Crippen LogP contribution in [0.3, 0.4) is 0 Å². The molecule has 2 saturated heterocycles. The molecule has 222 valence electrons. The van der Waals surface area contributed by atoms with Crippen LogP contribution in [-0.4, -0.2) is 98.0 Å². The molecule has 15 heteroatoms. The van der Waals surface area contributed by atoms with E-state index in [-0.39, 0.29) is 37.3 Å². The fraction of sp³-hybridized carbons (Fsp3) is 0.792. The Morgan fingerprint density at radius 2 is 1.97 bits per heavy atom. The summed E-state index contributed by atoms with van der Waals surface area (Å²) in [6, 6.07) is -2.38. The third-order valence-corrected chi connectivity index (χ3v) is 8.26. The van der Waals surface area contributed by atoms with Gasteiger partial charge in [0.2, 0.25) is 5.91 Å². The summed E-state index contributed by atoms with van der Waals surface area (Å²) in [6.07, 6.45) is -4.65. The maximum Gasteiger partial charge on any atom is 0.519 e. The second kappa shape index (κ2) is 13.2. The van der Waals surface area contributed by atoms with E-state index in [0.717, 1.165) is 16.7 Å². The molecule has 4 unspecified atom stereocenters. The number of rotatable bonds is 9. The Hall–Kier alpha value is -1.84. The molecule has 9 atom stereocenters. The van der Waals surface area contributed by atoms with Gasteiger partial charge < -0.3 is 38.9 Å². The molecule has 0 bridgehead atoms. The first-order valence-corrected chi connectivity index (χ1v) is 14.4. The van der Waals surface area contributed by atoms with E-state index in [4.69, 9.17) is 29.9 Å². The number of halogens is 2. The normalized spacial score (nSPS) is 32.9. The highest BCUT2D eigenvalue weighted by Crippen LogP contribution is 2.36. The molecule has 12 nitrogen and oxygen atoms in total. The van der Waals surface area contributed by atoms with Crippen molar-refractivity contribution in [2.75, 3.05) is 12.8 Å². The van der Waals surface area contributed by atoms with Crippen LogP contribution in [0.15, 0.2) is 13.6 Å². The molecule has 39 heavy (non-hydrogen) atoms. The highest BCUT2D eigenvalue weighted by atomic mass is 35.5. The molecule has 2 fully saturated rings. The Morgan fingerprint density at radius 3 is 2.54 bits per heavy atom. The number of alkyl halides is 2. The van der Waals surface area contributed by atoms with Crippen LogP contribution in [0.25, 0.3) is 0 Å². The van der Waals surface area contributed by atoms with Gasteiger partial charge in [-0.1, -0.05) is 13.3 Å². The highest BCUT2D eigenvalue weighted by Gasteiger charge is 2.50. The van der Waals surface area contributed by atoms with Crippen LogP contribution in [0.2, 0.25) is 0 Å². The van der Waals surface area contributed by atoms with Crippen LogP contribution >= 0.6 is 23.4 Å². The lowest BCUT2D eigenvalue weighted by Gasteiger charge is -2.45. The van der Waals surface area contributed by atoms with Gasteiger partial charge in [0.25, 0.3) is 0 Å². The Morgan fingerprint density at radius 1 is 1.28 bits per heavy atom. The van der Waals surface area contributed by atoms with E-state index in [1.165, 1.54) is 6.92 Å². The molecule has 0 saturated carbocycles. The third kappa shape index (κ3) is 7.27. The second-order valence-corrected chi connectivity index (χ2v) is 11.6. The van der Waals surface area contributed by atoms with Gasteiger partial charge in [-0.15, -0.1) is 23.4 Å². The van der Waals surface area contributed by atoms with Crippen LogP contribution in [0.4, 0.5) is 9.18 Å². The lowest BCUT2D eigenvalue weighted by atomic mass is 9.84. The zero-order chi connectivity index (χ0) is 29.1. The first-order valence-electron chi connectivity index (χ1n) is 12.7. The lowest BCUT2D eigenvalue weighted by Crippen LogP contribution is -2.66. The second-order valence-electron chi connectivity index (χ2n) is 9.94. The Kier molecular flexibility index (Phi) is 10.7. The number of nitrogens with one attached hydrogen (secondary N) is 1. The summed E-state index contributed by atoms with van der Waals surface area (Å²) >= 11 is 7.46. The van der Waals surface area contributed by atoms with Gasteiger partial charge in [-0.3, -0.25) is 9.69 Å². The summed E-state index contributed by atoms with van der Waals surface area (Å²) in [5.41, 5.74) is -2.62. The quantitative estimate of drug-likeness (QED) is 0.303. The number of likely N-dealkylation sites (tertiary alicyclic amines) is 1. The van der Waals surface area contributed by atoms with E-state index in [9.17, 15) is 29.7 Å². The molecule has 2 aliphatic heterocycles. The summed E-state index contributed by atoms with van der Waals surface area (Å²) in [7, 11) is 0. The van der Waals surface area contributed by atoms with Crippen molar-refractivity contribution in [2.45, 2.75) is 106 Å². The van der Waals surface area contributed by atoms with Crippen molar-refractivity contribution in [3.8, 4) is 0 Å². The zero-order valence-corrected chi connectivity index (χ0v) is 23.7. The number of ether oxygens (including phenoxy) is 2. The van der Waals surface area contributed by atoms with E-state index in [0.29, 0.717) is 6.42 Å². The smallest absolute Gasteiger partial charge is 0.441 e. The number of hydrogen-bond acceptors (Lipinski definition) is 11. The molecule has 2 amide bonds. The molecule has 4 N–H and O–H groups in total. The Balaban J connectivity index is 1.81. The van der Waals surface area contributed by atoms with Crippen LogP contribution < -0.4 is 11.1 Å². The van der Waals surface area contributed by atoms with Gasteiger partial charge in [0.1, 0.15) is 41.6 Å². The Labute approximate surface area is 234 Å². The maximum atomic E-state index is 15.7. The molecule has 0 aliphatic carbocycles. The van der Waals surface area contributed by atoms with E-state index >= 15 is 4.39 Å². The molecule has 3 rings (SSSR count). The summed E-state index contributed by atoms with van der Waals surface area (Å²) in [6.45, 7) is 4.26. The third-order valence-electron chi connectivity index (χ3n) is 7.13. The van der Waals surface area contributed by atoms with Gasteiger partial charge in [0.15, 0.2) is 18.1 Å². The number of nitrogens with zero attached hydrogens (tertiary/aromatic N) is 1. The fourth-order valence-corrected chi connectivity index (χ4v) is 5.85. The molecule has 0 spiro atoms. The maximum absolute atomic E-state index is 15.7. The summed E-state index contributed by atoms with van der Waals surface area (Å²) in [4.78, 5) is 39.0. The van der Waals surface area contributed by atoms with Crippen LogP contribution in [0, 0.1) is 6.92 Å². The van der Waals surface area contributed by atoms with Gasteiger partial charge >= 0.3 is 11.9 Å². The molecule has 0 aromatic carbocycles. The van der Waals surface area contributed by atoms with Crippen molar-refractivity contribution < 1.29 is 47.6 Å². The Bertz CT molecular complexity index is 1050. The molecule has 0 radical (unpaired) electrons. The van der Waals surface area contributed by atoms with Crippen LogP contribution in [0.5, 0.6) is 0 Å². The number of piperidine rings is 1. The molecule has 3 heterocycles. The van der Waals surface area contributed by atoms with Crippen molar-refractivity contribution in [2.24, 2.45) is 0 Å². The molecule has 1 aromatic rings. The lowest BCUT2D eigenvalue weighted by molar-refractivity contribution is -0.205. The first kappa shape index (κ1) is 31.7. The first-order chi connectivity index (χ1) is 18.3. The summed E-state index contributed by atoms with van der Waals surface area (Å²) in [5.74, 6) is -1.58. The predicted octanol–water partition coefficient (Wildman–Crippen LogP) is 1.43.